The summed E-state index contributed by atoms with van der Waals surface area (Å²) in [6, 6.07) is -0.641. The van der Waals surface area contributed by atoms with Crippen LogP contribution in [-0.2, 0) is 14.3 Å². The van der Waals surface area contributed by atoms with Gasteiger partial charge in [0.15, 0.2) is 0 Å². The second-order valence-electron chi connectivity index (χ2n) is 23.9. The zero-order chi connectivity index (χ0) is 55.0. The van der Waals surface area contributed by atoms with E-state index >= 15 is 0 Å². The van der Waals surface area contributed by atoms with Gasteiger partial charge in [-0.05, 0) is 57.8 Å². The fraction of sp³-hybridized carbons (Fsp3) is 0.914. The molecule has 0 bridgehead atoms. The molecule has 6 heteroatoms. The summed E-state index contributed by atoms with van der Waals surface area (Å²) < 4.78 is 5.50. The largest absolute Gasteiger partial charge is 0.466 e. The lowest BCUT2D eigenvalue weighted by atomic mass is 10.0. The van der Waals surface area contributed by atoms with E-state index in [4.69, 9.17) is 4.74 Å². The lowest BCUT2D eigenvalue weighted by Crippen LogP contribution is -2.45. The average molecular weight is 1070 g/mol. The van der Waals surface area contributed by atoms with Crippen LogP contribution < -0.4 is 5.32 Å². The maximum atomic E-state index is 12.5. The minimum atomic E-state index is -0.856. The van der Waals surface area contributed by atoms with Crippen molar-refractivity contribution in [3.05, 3.63) is 24.3 Å². The van der Waals surface area contributed by atoms with Crippen LogP contribution >= 0.6 is 0 Å². The van der Waals surface area contributed by atoms with Crippen LogP contribution in [-0.4, -0.2) is 47.4 Å². The molecule has 0 aliphatic rings. The minimum Gasteiger partial charge on any atom is -0.466 e. The number of ether oxygens (including phenoxy) is 1. The van der Waals surface area contributed by atoms with Gasteiger partial charge in [-0.2, -0.15) is 0 Å². The molecule has 0 aromatic rings. The molecule has 450 valence electrons. The summed E-state index contributed by atoms with van der Waals surface area (Å²) in [5.74, 6) is -0.0790. The summed E-state index contributed by atoms with van der Waals surface area (Å²) >= 11 is 0. The van der Waals surface area contributed by atoms with Crippen molar-refractivity contribution in [2.45, 2.75) is 398 Å². The fourth-order valence-corrected chi connectivity index (χ4v) is 10.9. The van der Waals surface area contributed by atoms with Crippen molar-refractivity contribution in [3.63, 3.8) is 0 Å². The van der Waals surface area contributed by atoms with Crippen molar-refractivity contribution in [2.75, 3.05) is 13.2 Å². The molecule has 0 rings (SSSR count). The van der Waals surface area contributed by atoms with Crippen molar-refractivity contribution in [3.8, 4) is 0 Å². The summed E-state index contributed by atoms with van der Waals surface area (Å²) in [6.45, 7) is 4.92. The molecule has 6 nitrogen and oxygen atoms in total. The molecule has 0 spiro atoms. The molecule has 2 unspecified atom stereocenters. The number of carbonyl (C=O) groups excluding carboxylic acids is 2. The number of amides is 1. The Labute approximate surface area is 475 Å². The Balaban J connectivity index is 3.46. The van der Waals surface area contributed by atoms with Gasteiger partial charge in [-0.25, -0.2) is 0 Å². The van der Waals surface area contributed by atoms with Gasteiger partial charge < -0.3 is 20.3 Å². The first-order chi connectivity index (χ1) is 37.5. The summed E-state index contributed by atoms with van der Waals surface area (Å²) in [7, 11) is 0. The number of hydrogen-bond donors (Lipinski definition) is 3. The van der Waals surface area contributed by atoms with E-state index in [1.807, 2.05) is 6.08 Å². The maximum absolute atomic E-state index is 12.5. The van der Waals surface area contributed by atoms with E-state index in [0.717, 1.165) is 64.2 Å². The van der Waals surface area contributed by atoms with Crippen LogP contribution in [0.2, 0.25) is 0 Å². The molecular formula is C70H135NO5. The van der Waals surface area contributed by atoms with E-state index in [9.17, 15) is 19.8 Å². The zero-order valence-electron chi connectivity index (χ0n) is 51.5. The Morgan fingerprint density at radius 3 is 0.934 bits per heavy atom. The molecule has 0 aliphatic heterocycles. The van der Waals surface area contributed by atoms with Gasteiger partial charge >= 0.3 is 5.97 Å². The van der Waals surface area contributed by atoms with Gasteiger partial charge in [0.25, 0.3) is 0 Å². The summed E-state index contributed by atoms with van der Waals surface area (Å²) in [6.07, 6.45) is 82.4. The van der Waals surface area contributed by atoms with Crippen LogP contribution in [0.15, 0.2) is 24.3 Å². The van der Waals surface area contributed by atoms with Crippen molar-refractivity contribution in [1.29, 1.82) is 0 Å². The molecule has 0 aromatic carbocycles. The third-order valence-corrected chi connectivity index (χ3v) is 16.2. The average Bonchev–Trinajstić information content (AvgIpc) is 3.42. The minimum absolute atomic E-state index is 0.00159. The highest BCUT2D eigenvalue weighted by molar-refractivity contribution is 5.76. The van der Waals surface area contributed by atoms with E-state index in [0.29, 0.717) is 19.4 Å². The number of carbonyl (C=O) groups is 2. The fourth-order valence-electron chi connectivity index (χ4n) is 10.9. The highest BCUT2D eigenvalue weighted by atomic mass is 16.5. The van der Waals surface area contributed by atoms with Gasteiger partial charge in [0.05, 0.1) is 25.4 Å². The van der Waals surface area contributed by atoms with Gasteiger partial charge in [-0.3, -0.25) is 9.59 Å². The number of aliphatic hydroxyl groups excluding tert-OH is 2. The van der Waals surface area contributed by atoms with Crippen LogP contribution in [0, 0.1) is 0 Å². The zero-order valence-corrected chi connectivity index (χ0v) is 51.5. The molecule has 0 heterocycles. The smallest absolute Gasteiger partial charge is 0.305 e. The molecule has 2 atom stereocenters. The van der Waals surface area contributed by atoms with Crippen molar-refractivity contribution >= 4 is 11.9 Å². The Hall–Kier alpha value is -1.66. The van der Waals surface area contributed by atoms with E-state index < -0.39 is 12.1 Å². The topological polar surface area (TPSA) is 95.9 Å². The first kappa shape index (κ1) is 74.3. The number of unbranched alkanes of at least 4 members (excludes halogenated alkanes) is 52. The summed E-state index contributed by atoms with van der Waals surface area (Å²) in [5, 5.41) is 23.2. The molecule has 0 saturated heterocycles. The molecule has 0 radical (unpaired) electrons. The lowest BCUT2D eigenvalue weighted by molar-refractivity contribution is -0.143. The number of allylic oxidation sites excluding steroid dienone is 3. The first-order valence-corrected chi connectivity index (χ1v) is 34.6. The van der Waals surface area contributed by atoms with Crippen LogP contribution in [0.25, 0.3) is 0 Å². The van der Waals surface area contributed by atoms with Crippen molar-refractivity contribution < 1.29 is 24.5 Å². The predicted octanol–water partition coefficient (Wildman–Crippen LogP) is 22.1. The predicted molar refractivity (Wildman–Crippen MR) is 333 cm³/mol. The molecule has 76 heavy (non-hydrogen) atoms. The molecular weight excluding hydrogens is 935 g/mol. The van der Waals surface area contributed by atoms with Crippen LogP contribution in [0.3, 0.4) is 0 Å². The Kier molecular flexibility index (Phi) is 64.4. The van der Waals surface area contributed by atoms with Gasteiger partial charge in [0.2, 0.25) is 5.91 Å². The molecule has 0 saturated carbocycles. The third-order valence-electron chi connectivity index (χ3n) is 16.2. The SMILES string of the molecule is CCCCCCCCCCCCCCCCCCCCCCCCC/C=C/C(O)C(CO)NC(=O)CCCCCCC/C=C\CCCCCCCCCOC(=O)CCCCCCCCCCCCCCCCCCCC. The van der Waals surface area contributed by atoms with Gasteiger partial charge in [0, 0.05) is 12.8 Å². The summed E-state index contributed by atoms with van der Waals surface area (Å²) in [4.78, 5) is 24.6. The van der Waals surface area contributed by atoms with Crippen molar-refractivity contribution in [2.24, 2.45) is 0 Å². The van der Waals surface area contributed by atoms with Gasteiger partial charge in [-0.1, -0.05) is 340 Å². The maximum Gasteiger partial charge on any atom is 0.305 e. The molecule has 1 amide bonds. The number of esters is 1. The highest BCUT2D eigenvalue weighted by Crippen LogP contribution is 2.19. The van der Waals surface area contributed by atoms with Gasteiger partial charge in [0.1, 0.15) is 0 Å². The van der Waals surface area contributed by atoms with Crippen LogP contribution in [0.1, 0.15) is 386 Å². The van der Waals surface area contributed by atoms with E-state index in [-0.39, 0.29) is 18.5 Å². The number of aliphatic hydroxyl groups is 2. The second kappa shape index (κ2) is 65.9. The van der Waals surface area contributed by atoms with Crippen LogP contribution in [0.5, 0.6) is 0 Å². The molecule has 0 aliphatic carbocycles. The van der Waals surface area contributed by atoms with Gasteiger partial charge in [-0.15, -0.1) is 0 Å². The second-order valence-corrected chi connectivity index (χ2v) is 23.9. The Morgan fingerprint density at radius 1 is 0.355 bits per heavy atom. The van der Waals surface area contributed by atoms with E-state index in [2.05, 4.69) is 31.3 Å². The first-order valence-electron chi connectivity index (χ1n) is 34.6. The lowest BCUT2D eigenvalue weighted by Gasteiger charge is -2.20. The number of hydrogen-bond acceptors (Lipinski definition) is 5. The quantitative estimate of drug-likeness (QED) is 0.0320. The third kappa shape index (κ3) is 61.6. The molecule has 3 N–H and O–H groups in total. The monoisotopic (exact) mass is 1070 g/mol. The standard InChI is InChI=1S/C70H135NO5/c1-3-5-7-9-11-13-15-17-19-21-23-24-25-26-27-28-29-30-34-38-42-46-50-54-58-62-68(73)67(66-72)71-69(74)63-59-55-51-47-43-39-35-32-33-37-41-45-49-53-57-61-65-76-70(75)64-60-56-52-48-44-40-36-31-22-20-18-16-14-12-10-8-6-4-2/h32,35,58,62,67-68,72-73H,3-31,33-34,36-57,59-61,63-66H2,1-2H3,(H,71,74)/b35-32-,62-58+. The highest BCUT2D eigenvalue weighted by Gasteiger charge is 2.18. The summed E-state index contributed by atoms with van der Waals surface area (Å²) in [5.41, 5.74) is 0. The number of rotatable bonds is 65. The van der Waals surface area contributed by atoms with E-state index in [1.54, 1.807) is 6.08 Å². The van der Waals surface area contributed by atoms with Crippen LogP contribution in [0.4, 0.5) is 0 Å². The van der Waals surface area contributed by atoms with Crippen molar-refractivity contribution in [1.82, 2.24) is 5.32 Å². The normalized spacial score (nSPS) is 12.6. The molecule has 0 fully saturated rings. The molecule has 0 aromatic heterocycles. The Bertz CT molecular complexity index is 1190. The Morgan fingerprint density at radius 2 is 0.618 bits per heavy atom. The van der Waals surface area contributed by atoms with E-state index in [1.165, 1.54) is 295 Å². The number of nitrogens with one attached hydrogen (secondary N) is 1.